The number of aromatic nitrogens is 3. The Kier molecular flexibility index (Phi) is 4.22. The van der Waals surface area contributed by atoms with Crippen LogP contribution in [0.25, 0.3) is 16.8 Å². The summed E-state index contributed by atoms with van der Waals surface area (Å²) in [7, 11) is 1.66. The number of halogens is 1. The van der Waals surface area contributed by atoms with E-state index in [0.717, 1.165) is 33.8 Å². The highest BCUT2D eigenvalue weighted by atomic mass is 35.5. The van der Waals surface area contributed by atoms with Crippen molar-refractivity contribution in [2.75, 3.05) is 12.4 Å². The van der Waals surface area contributed by atoms with Crippen molar-refractivity contribution in [3.8, 4) is 17.0 Å². The zero-order valence-corrected chi connectivity index (χ0v) is 15.2. The molecule has 26 heavy (non-hydrogen) atoms. The van der Waals surface area contributed by atoms with Crippen LogP contribution in [0.3, 0.4) is 0 Å². The van der Waals surface area contributed by atoms with Crippen molar-refractivity contribution in [2.24, 2.45) is 0 Å². The molecule has 1 N–H and O–H groups in total. The first kappa shape index (κ1) is 16.4. The molecule has 0 saturated carbocycles. The molecular formula is C20H17ClN4O. The maximum Gasteiger partial charge on any atom is 0.156 e. The Balaban J connectivity index is 1.81. The summed E-state index contributed by atoms with van der Waals surface area (Å²) in [5, 5.41) is 4.00. The first-order valence-electron chi connectivity index (χ1n) is 8.15. The van der Waals surface area contributed by atoms with Crippen molar-refractivity contribution in [1.82, 2.24) is 14.4 Å². The smallest absolute Gasteiger partial charge is 0.156 e. The molecule has 0 amide bonds. The van der Waals surface area contributed by atoms with Crippen LogP contribution in [0.2, 0.25) is 5.02 Å². The van der Waals surface area contributed by atoms with Gasteiger partial charge in [0.25, 0.3) is 0 Å². The second-order valence-corrected chi connectivity index (χ2v) is 6.34. The van der Waals surface area contributed by atoms with Crippen molar-refractivity contribution in [1.29, 1.82) is 0 Å². The topological polar surface area (TPSA) is 51.5 Å². The van der Waals surface area contributed by atoms with Crippen LogP contribution >= 0.6 is 11.6 Å². The molecule has 2 aromatic carbocycles. The maximum atomic E-state index is 6.34. The molecule has 0 bridgehead atoms. The van der Waals surface area contributed by atoms with Gasteiger partial charge < -0.3 is 10.1 Å². The normalized spacial score (nSPS) is 10.9. The second kappa shape index (κ2) is 6.69. The Bertz CT molecular complexity index is 1070. The van der Waals surface area contributed by atoms with Crippen molar-refractivity contribution < 1.29 is 4.74 Å². The van der Waals surface area contributed by atoms with Crippen molar-refractivity contribution in [3.63, 3.8) is 0 Å². The number of benzene rings is 2. The van der Waals surface area contributed by atoms with E-state index in [1.165, 1.54) is 0 Å². The highest BCUT2D eigenvalue weighted by Crippen LogP contribution is 2.31. The van der Waals surface area contributed by atoms with Gasteiger partial charge in [0.2, 0.25) is 0 Å². The number of para-hydroxylation sites is 1. The van der Waals surface area contributed by atoms with Gasteiger partial charge in [0.05, 0.1) is 42.2 Å². The number of hydrogen-bond donors (Lipinski definition) is 1. The highest BCUT2D eigenvalue weighted by molar-refractivity contribution is 6.33. The van der Waals surface area contributed by atoms with Gasteiger partial charge in [0.15, 0.2) is 5.82 Å². The lowest BCUT2D eigenvalue weighted by atomic mass is 10.1. The van der Waals surface area contributed by atoms with Gasteiger partial charge in [-0.3, -0.25) is 4.40 Å². The average Bonchev–Trinajstić information content (AvgIpc) is 3.15. The van der Waals surface area contributed by atoms with Crippen molar-refractivity contribution in [2.45, 2.75) is 6.92 Å². The molecule has 0 radical (unpaired) electrons. The lowest BCUT2D eigenvalue weighted by Gasteiger charge is -2.14. The summed E-state index contributed by atoms with van der Waals surface area (Å²) in [6.45, 7) is 2.01. The molecule has 0 unspecified atom stereocenters. The maximum absolute atomic E-state index is 6.34. The standard InChI is InChI=1S/C20H17ClN4O/c1-13-5-3-8-16(21)19(13)24-20-18-10-22-12-25(18)17(11-23-20)14-6-4-7-15(9-14)26-2/h3-12H,1-2H3,(H,23,24). The quantitative estimate of drug-likeness (QED) is 0.546. The van der Waals surface area contributed by atoms with Gasteiger partial charge in [-0.15, -0.1) is 0 Å². The van der Waals surface area contributed by atoms with Gasteiger partial charge >= 0.3 is 0 Å². The first-order chi connectivity index (χ1) is 12.7. The van der Waals surface area contributed by atoms with E-state index in [4.69, 9.17) is 16.3 Å². The van der Waals surface area contributed by atoms with Crippen LogP contribution in [-0.2, 0) is 0 Å². The van der Waals surface area contributed by atoms with Gasteiger partial charge in [-0.2, -0.15) is 0 Å². The Morgan fingerprint density at radius 1 is 1.12 bits per heavy atom. The second-order valence-electron chi connectivity index (χ2n) is 5.93. The third-order valence-corrected chi connectivity index (χ3v) is 4.60. The average molecular weight is 365 g/mol. The van der Waals surface area contributed by atoms with Crippen LogP contribution in [-0.4, -0.2) is 21.5 Å². The number of nitrogens with zero attached hydrogens (tertiary/aromatic N) is 3. The van der Waals surface area contributed by atoms with Gasteiger partial charge in [0.1, 0.15) is 11.3 Å². The highest BCUT2D eigenvalue weighted by Gasteiger charge is 2.12. The molecule has 0 aliphatic rings. The summed E-state index contributed by atoms with van der Waals surface area (Å²) < 4.78 is 7.32. The number of methoxy groups -OCH3 is 1. The number of ether oxygens (including phenoxy) is 1. The lowest BCUT2D eigenvalue weighted by molar-refractivity contribution is 0.415. The molecule has 0 aliphatic heterocycles. The Hall–Kier alpha value is -3.05. The van der Waals surface area contributed by atoms with Crippen LogP contribution in [0.15, 0.2) is 61.2 Å². The molecule has 6 heteroatoms. The fraction of sp³-hybridized carbons (Fsp3) is 0.100. The minimum Gasteiger partial charge on any atom is -0.497 e. The summed E-state index contributed by atoms with van der Waals surface area (Å²) in [6.07, 6.45) is 5.37. The van der Waals surface area contributed by atoms with Crippen LogP contribution in [0.5, 0.6) is 5.75 Å². The van der Waals surface area contributed by atoms with Crippen molar-refractivity contribution in [3.05, 3.63) is 71.8 Å². The zero-order valence-electron chi connectivity index (χ0n) is 14.4. The number of rotatable bonds is 4. The Morgan fingerprint density at radius 2 is 1.96 bits per heavy atom. The van der Waals surface area contributed by atoms with Crippen molar-refractivity contribution >= 4 is 28.6 Å². The molecule has 0 atom stereocenters. The minimum atomic E-state index is 0.654. The third-order valence-electron chi connectivity index (χ3n) is 4.29. The predicted molar refractivity (Wildman–Crippen MR) is 104 cm³/mol. The van der Waals surface area contributed by atoms with Crippen LogP contribution in [0.4, 0.5) is 11.5 Å². The van der Waals surface area contributed by atoms with E-state index in [0.29, 0.717) is 10.8 Å². The number of imidazole rings is 1. The fourth-order valence-corrected chi connectivity index (χ4v) is 3.19. The number of fused-ring (bicyclic) bond motifs is 1. The van der Waals surface area contributed by atoms with E-state index in [1.54, 1.807) is 19.6 Å². The molecule has 0 fully saturated rings. The van der Waals surface area contributed by atoms with E-state index >= 15 is 0 Å². The Morgan fingerprint density at radius 3 is 2.77 bits per heavy atom. The minimum absolute atomic E-state index is 0.654. The monoisotopic (exact) mass is 364 g/mol. The molecule has 4 aromatic rings. The largest absolute Gasteiger partial charge is 0.497 e. The predicted octanol–water partition coefficient (Wildman–Crippen LogP) is 5.11. The van der Waals surface area contributed by atoms with E-state index < -0.39 is 0 Å². The molecule has 130 valence electrons. The molecule has 4 rings (SSSR count). The molecule has 5 nitrogen and oxygen atoms in total. The number of aryl methyl sites for hydroxylation is 1. The van der Waals surface area contributed by atoms with E-state index in [1.807, 2.05) is 60.0 Å². The lowest BCUT2D eigenvalue weighted by Crippen LogP contribution is -2.01. The fourth-order valence-electron chi connectivity index (χ4n) is 2.92. The van der Waals surface area contributed by atoms with Gasteiger partial charge in [0, 0.05) is 5.56 Å². The van der Waals surface area contributed by atoms with Crippen LogP contribution in [0.1, 0.15) is 5.56 Å². The van der Waals surface area contributed by atoms with Gasteiger partial charge in [-0.1, -0.05) is 35.9 Å². The van der Waals surface area contributed by atoms with E-state index in [2.05, 4.69) is 15.3 Å². The molecule has 2 aromatic heterocycles. The van der Waals surface area contributed by atoms with Gasteiger partial charge in [-0.05, 0) is 30.7 Å². The zero-order chi connectivity index (χ0) is 18.1. The summed E-state index contributed by atoms with van der Waals surface area (Å²) in [6, 6.07) is 13.7. The summed E-state index contributed by atoms with van der Waals surface area (Å²) in [5.41, 5.74) is 4.69. The van der Waals surface area contributed by atoms with Gasteiger partial charge in [-0.25, -0.2) is 9.97 Å². The molecule has 0 saturated heterocycles. The molecule has 0 spiro atoms. The summed E-state index contributed by atoms with van der Waals surface area (Å²) >= 11 is 6.34. The summed E-state index contributed by atoms with van der Waals surface area (Å²) in [5.74, 6) is 1.50. The first-order valence-corrected chi connectivity index (χ1v) is 8.53. The molecular weight excluding hydrogens is 348 g/mol. The molecule has 0 aliphatic carbocycles. The number of hydrogen-bond acceptors (Lipinski definition) is 4. The van der Waals surface area contributed by atoms with Crippen LogP contribution in [0, 0.1) is 6.92 Å². The molecule has 2 heterocycles. The number of nitrogens with one attached hydrogen (secondary N) is 1. The number of anilines is 2. The van der Waals surface area contributed by atoms with E-state index in [9.17, 15) is 0 Å². The Labute approximate surface area is 156 Å². The SMILES string of the molecule is COc1cccc(-c2cnc(Nc3c(C)cccc3Cl)c3cncn23)c1. The third kappa shape index (κ3) is 2.86. The van der Waals surface area contributed by atoms with E-state index in [-0.39, 0.29) is 0 Å². The van der Waals surface area contributed by atoms with Crippen LogP contribution < -0.4 is 10.1 Å². The summed E-state index contributed by atoms with van der Waals surface area (Å²) in [4.78, 5) is 8.91.